The van der Waals surface area contributed by atoms with Gasteiger partial charge in [-0.2, -0.15) is 0 Å². The Morgan fingerprint density at radius 2 is 1.28 bits per heavy atom. The fourth-order valence-electron chi connectivity index (χ4n) is 8.11. The number of rotatable bonds is 3. The van der Waals surface area contributed by atoms with Gasteiger partial charge in [-0.05, 0) is 52.4 Å². The molecule has 0 radical (unpaired) electrons. The van der Waals surface area contributed by atoms with Crippen molar-refractivity contribution in [1.29, 1.82) is 0 Å². The van der Waals surface area contributed by atoms with Crippen LogP contribution >= 0.6 is 0 Å². The van der Waals surface area contributed by atoms with Crippen LogP contribution in [0.2, 0.25) is 0 Å². The molecule has 3 rings (SSSR count). The molecule has 18 heteroatoms. The van der Waals surface area contributed by atoms with Crippen molar-refractivity contribution in [1.82, 2.24) is 0 Å². The molecule has 2 saturated heterocycles. The van der Waals surface area contributed by atoms with Crippen LogP contribution in [0, 0.1) is 17.8 Å². The molecule has 0 aromatic heterocycles. The maximum Gasteiger partial charge on any atom is 0.311 e. The summed E-state index contributed by atoms with van der Waals surface area (Å²) < 4.78 is 23.2. The van der Waals surface area contributed by atoms with Gasteiger partial charge in [0.25, 0.3) is 0 Å². The standard InChI is InChI=1S/C47H75NO17/c1-27-17-15-13-11-9-7-5-6-8-10-12-14-16-18-34(64-46-44(58)41(48)43(57)30(4)63-46)24-38-40(45(59)60)37(54)26-47(61,65-38)25-36(53)35(52)20-19-31(49)21-32(50)22-33(51)23-39(55)62-29(3)28(2)42(27)56/h5-6,8,10-18,27-38,40-44,46,49-54,56-58,61H,7,9,19-26,48H2,1-4H3,(H,59,60)/b6-5+,10-8+,13-11+,14-12+,17-15+,18-16+/t27-,28-,29-,30+,31-,32-,33-,34?,35-,36-,37?,38-,40+,41-,42+,43+,44-,46-,47+/m0/s1. The summed E-state index contributed by atoms with van der Waals surface area (Å²) in [6, 6.07) is -1.14. The number of carboxylic acids is 1. The van der Waals surface area contributed by atoms with Crippen LogP contribution in [-0.4, -0.2) is 166 Å². The van der Waals surface area contributed by atoms with Crippen molar-refractivity contribution in [3.05, 3.63) is 72.9 Å². The second-order valence-electron chi connectivity index (χ2n) is 17.8. The number of carbonyl (C=O) groups is 2. The Balaban J connectivity index is 1.84. The van der Waals surface area contributed by atoms with Crippen molar-refractivity contribution < 1.29 is 84.7 Å². The molecule has 0 aliphatic carbocycles. The molecule has 3 aliphatic rings. The zero-order chi connectivity index (χ0) is 48.4. The number of aliphatic hydroxyl groups excluding tert-OH is 9. The third-order valence-corrected chi connectivity index (χ3v) is 12.2. The molecule has 65 heavy (non-hydrogen) atoms. The van der Waals surface area contributed by atoms with Crippen molar-refractivity contribution in [2.75, 3.05) is 0 Å². The molecule has 13 N–H and O–H groups in total. The van der Waals surface area contributed by atoms with Gasteiger partial charge in [-0.1, -0.05) is 86.8 Å². The first-order valence-electron chi connectivity index (χ1n) is 22.6. The summed E-state index contributed by atoms with van der Waals surface area (Å²) >= 11 is 0. The van der Waals surface area contributed by atoms with E-state index in [4.69, 9.17) is 24.7 Å². The van der Waals surface area contributed by atoms with E-state index in [0.29, 0.717) is 0 Å². The van der Waals surface area contributed by atoms with Crippen LogP contribution in [0.25, 0.3) is 0 Å². The Morgan fingerprint density at radius 1 is 0.692 bits per heavy atom. The number of allylic oxidation sites excluding steroid dienone is 10. The van der Waals surface area contributed by atoms with Gasteiger partial charge in [-0.3, -0.25) is 9.59 Å². The fraction of sp³-hybridized carbons (Fsp3) is 0.702. The van der Waals surface area contributed by atoms with Crippen LogP contribution in [0.15, 0.2) is 72.9 Å². The van der Waals surface area contributed by atoms with E-state index >= 15 is 0 Å². The second kappa shape index (κ2) is 27.6. The molecule has 0 saturated carbocycles. The first-order chi connectivity index (χ1) is 30.6. The van der Waals surface area contributed by atoms with Crippen LogP contribution in [-0.2, 0) is 28.5 Å². The number of carboxylic acid groups (broad SMARTS) is 1. The molecular weight excluding hydrogens is 851 g/mol. The number of hydrogen-bond donors (Lipinski definition) is 12. The van der Waals surface area contributed by atoms with E-state index in [0.717, 1.165) is 12.8 Å². The summed E-state index contributed by atoms with van der Waals surface area (Å²) in [5.74, 6) is -6.82. The van der Waals surface area contributed by atoms with Crippen LogP contribution < -0.4 is 5.73 Å². The predicted molar refractivity (Wildman–Crippen MR) is 237 cm³/mol. The van der Waals surface area contributed by atoms with Gasteiger partial charge in [0, 0.05) is 31.1 Å². The number of cyclic esters (lactones) is 1. The molecule has 0 spiro atoms. The third-order valence-electron chi connectivity index (χ3n) is 12.2. The maximum absolute atomic E-state index is 12.6. The molecule has 2 bridgehead atoms. The molecule has 3 aliphatic heterocycles. The lowest BCUT2D eigenvalue weighted by atomic mass is 9.82. The molecule has 0 aromatic carbocycles. The van der Waals surface area contributed by atoms with Gasteiger partial charge >= 0.3 is 11.9 Å². The largest absolute Gasteiger partial charge is 0.481 e. The summed E-state index contributed by atoms with van der Waals surface area (Å²) in [5.41, 5.74) is 6.02. The maximum atomic E-state index is 12.6. The minimum Gasteiger partial charge on any atom is -0.481 e. The summed E-state index contributed by atoms with van der Waals surface area (Å²) in [4.78, 5) is 25.1. The summed E-state index contributed by atoms with van der Waals surface area (Å²) in [7, 11) is 0. The highest BCUT2D eigenvalue weighted by molar-refractivity contribution is 5.71. The molecule has 19 atom stereocenters. The normalized spacial score (nSPS) is 45.2. The van der Waals surface area contributed by atoms with Crippen LogP contribution in [0.5, 0.6) is 0 Å². The Hall–Kier alpha value is -3.18. The lowest BCUT2D eigenvalue weighted by Gasteiger charge is -2.45. The predicted octanol–water partition coefficient (Wildman–Crippen LogP) is 0.936. The highest BCUT2D eigenvalue weighted by Crippen LogP contribution is 2.38. The van der Waals surface area contributed by atoms with Gasteiger partial charge in [-0.15, -0.1) is 0 Å². The lowest BCUT2D eigenvalue weighted by molar-refractivity contribution is -0.310. The zero-order valence-corrected chi connectivity index (χ0v) is 37.8. The van der Waals surface area contributed by atoms with Gasteiger partial charge in [0.15, 0.2) is 12.1 Å². The average molecular weight is 926 g/mol. The first kappa shape index (κ1) is 56.1. The molecule has 3 heterocycles. The highest BCUT2D eigenvalue weighted by Gasteiger charge is 2.51. The van der Waals surface area contributed by atoms with Crippen molar-refractivity contribution in [3.8, 4) is 0 Å². The van der Waals surface area contributed by atoms with Gasteiger partial charge in [0.1, 0.15) is 18.1 Å². The smallest absolute Gasteiger partial charge is 0.311 e. The molecule has 0 amide bonds. The monoisotopic (exact) mass is 926 g/mol. The molecule has 18 nitrogen and oxygen atoms in total. The molecule has 370 valence electrons. The molecule has 2 unspecified atom stereocenters. The van der Waals surface area contributed by atoms with Crippen LogP contribution in [0.1, 0.15) is 91.9 Å². The minimum atomic E-state index is -2.35. The Morgan fingerprint density at radius 3 is 1.94 bits per heavy atom. The van der Waals surface area contributed by atoms with E-state index in [-0.39, 0.29) is 38.0 Å². The van der Waals surface area contributed by atoms with E-state index in [1.54, 1.807) is 38.2 Å². The zero-order valence-electron chi connectivity index (χ0n) is 37.8. The highest BCUT2D eigenvalue weighted by atomic mass is 16.7. The Kier molecular flexibility index (Phi) is 23.8. The van der Waals surface area contributed by atoms with Gasteiger partial charge in [0.2, 0.25) is 0 Å². The van der Waals surface area contributed by atoms with Crippen molar-refractivity contribution in [3.63, 3.8) is 0 Å². The van der Waals surface area contributed by atoms with Crippen molar-refractivity contribution in [2.24, 2.45) is 23.5 Å². The number of nitrogens with two attached hydrogens (primary N) is 1. The second-order valence-corrected chi connectivity index (χ2v) is 17.8. The summed E-state index contributed by atoms with van der Waals surface area (Å²) in [6.45, 7) is 6.78. The van der Waals surface area contributed by atoms with E-state index in [9.17, 15) is 65.8 Å². The van der Waals surface area contributed by atoms with Crippen molar-refractivity contribution >= 4 is 11.9 Å². The number of aliphatic carboxylic acids is 1. The topological polar surface area (TPSA) is 320 Å². The Labute approximate surface area is 381 Å². The number of carbonyl (C=O) groups excluding carboxylic acids is 1. The summed E-state index contributed by atoms with van der Waals surface area (Å²) in [6.07, 6.45) is 2.28. The molecule has 2 fully saturated rings. The number of fused-ring (bicyclic) bond motifs is 2. The van der Waals surface area contributed by atoms with E-state index in [1.807, 2.05) is 49.5 Å². The van der Waals surface area contributed by atoms with E-state index in [2.05, 4.69) is 0 Å². The van der Waals surface area contributed by atoms with E-state index in [1.165, 1.54) is 13.0 Å². The van der Waals surface area contributed by atoms with Gasteiger partial charge in [0.05, 0.1) is 79.6 Å². The lowest BCUT2D eigenvalue weighted by Crippen LogP contribution is -2.61. The molecular formula is C47H75NO17. The van der Waals surface area contributed by atoms with Crippen LogP contribution in [0.3, 0.4) is 0 Å². The SMILES string of the molecule is C[C@@H]1[C@H](O)[C@@H](C)/C=C/C=C/CC/C=C/C=C/C=C/C=C/C(O[C@@H]2O[C@H](C)[C@@H](O)[C@H](N)[C@@H]2O)C[C@@H]2O[C@@](O)(CC(O)[C@H]2C(=O)O)C[C@H](O)[C@@H](O)CC[C@H](O)C[C@H](O)C[C@H](O)CC(=O)O[C@H]1C. The first-order valence-corrected chi connectivity index (χ1v) is 22.6. The number of hydrogen-bond acceptors (Lipinski definition) is 17. The average Bonchev–Trinajstić information content (AvgIpc) is 3.21. The quantitative estimate of drug-likeness (QED) is 0.175. The van der Waals surface area contributed by atoms with E-state index < -0.39 is 141 Å². The summed E-state index contributed by atoms with van der Waals surface area (Å²) in [5, 5.41) is 118. The number of aliphatic hydroxyl groups is 10. The van der Waals surface area contributed by atoms with Crippen molar-refractivity contribution in [2.45, 2.75) is 189 Å². The fourth-order valence-corrected chi connectivity index (χ4v) is 8.11. The van der Waals surface area contributed by atoms with Gasteiger partial charge in [-0.25, -0.2) is 0 Å². The van der Waals surface area contributed by atoms with Gasteiger partial charge < -0.3 is 80.9 Å². The van der Waals surface area contributed by atoms with Crippen LogP contribution in [0.4, 0.5) is 0 Å². The third kappa shape index (κ3) is 18.8. The number of ether oxygens (including phenoxy) is 4. The minimum absolute atomic E-state index is 0.138. The number of esters is 1. The molecule has 0 aromatic rings. The Bertz CT molecular complexity index is 1620.